The van der Waals surface area contributed by atoms with Gasteiger partial charge in [-0.2, -0.15) is 0 Å². The van der Waals surface area contributed by atoms with Crippen molar-refractivity contribution in [1.29, 1.82) is 0 Å². The summed E-state index contributed by atoms with van der Waals surface area (Å²) < 4.78 is 25.2. The Balaban J connectivity index is -0.0000000275. The van der Waals surface area contributed by atoms with Crippen LogP contribution >= 0.6 is 0 Å². The Morgan fingerprint density at radius 2 is 1.17 bits per heavy atom. The molecule has 0 N–H and O–H groups in total. The average Bonchev–Trinajstić information content (AvgIpc) is 1.46. The first-order chi connectivity index (χ1) is 2.41. The summed E-state index contributed by atoms with van der Waals surface area (Å²) in [6, 6.07) is 0. The van der Waals surface area contributed by atoms with E-state index in [1.807, 2.05) is 0 Å². The Hall–Kier alpha value is 1.47. The van der Waals surface area contributed by atoms with Crippen molar-refractivity contribution in [2.75, 3.05) is 0 Å². The monoisotopic (exact) mass is 338 g/mol. The first-order valence-corrected chi connectivity index (χ1v) is 3.11. The van der Waals surface area contributed by atoms with Gasteiger partial charge in [-0.15, -0.1) is 0 Å². The van der Waals surface area contributed by atoms with Gasteiger partial charge in [0.25, 0.3) is 0 Å². The van der Waals surface area contributed by atoms with Crippen LogP contribution in [0.5, 0.6) is 0 Å². The second kappa shape index (κ2) is 31.7. The Morgan fingerprint density at radius 3 is 1.17 bits per heavy atom. The molecule has 0 aliphatic rings. The molecule has 6 heavy (non-hydrogen) atoms. The van der Waals surface area contributed by atoms with Crippen LogP contribution in [0.15, 0.2) is 0 Å². The Bertz CT molecular complexity index is 40.1. The van der Waals surface area contributed by atoms with E-state index in [2.05, 4.69) is 0 Å². The molecule has 0 radical (unpaired) electrons. The van der Waals surface area contributed by atoms with E-state index in [9.17, 15) is 0 Å². The van der Waals surface area contributed by atoms with Crippen LogP contribution < -0.4 is 0 Å². The molecule has 0 aliphatic heterocycles. The van der Waals surface area contributed by atoms with Crippen LogP contribution in [0.3, 0.4) is 0 Å². The Labute approximate surface area is 73.7 Å². The van der Waals surface area contributed by atoms with Crippen LogP contribution in [0.1, 0.15) is 0 Å². The Kier molecular flexibility index (Phi) is 82.7. The summed E-state index contributed by atoms with van der Waals surface area (Å²) in [5.74, 6) is 0. The van der Waals surface area contributed by atoms with Crippen LogP contribution in [0.4, 0.5) is 0 Å². The van der Waals surface area contributed by atoms with Crippen LogP contribution in [0.25, 0.3) is 0 Å². The van der Waals surface area contributed by atoms with E-state index in [1.165, 1.54) is 0 Å². The van der Waals surface area contributed by atoms with Gasteiger partial charge in [0.05, 0.1) is 0 Å². The van der Waals surface area contributed by atoms with Crippen molar-refractivity contribution in [2.24, 2.45) is 0 Å². The molecule has 0 aromatic rings. The van der Waals surface area contributed by atoms with Gasteiger partial charge in [-0.3, -0.25) is 8.92 Å². The summed E-state index contributed by atoms with van der Waals surface area (Å²) in [5, 5.41) is 0. The van der Waals surface area contributed by atoms with Crippen molar-refractivity contribution in [3.8, 4) is 0 Å². The van der Waals surface area contributed by atoms with E-state index in [0.717, 1.165) is 0 Å². The zero-order valence-electron chi connectivity index (χ0n) is 2.22. The molecular formula is H3AlO3SiTh. The molecule has 0 unspecified atom stereocenters. The summed E-state index contributed by atoms with van der Waals surface area (Å²) in [4.78, 5) is 0. The van der Waals surface area contributed by atoms with Gasteiger partial charge in [-0.05, 0) is 0 Å². The minimum absolute atomic E-state index is 0. The van der Waals surface area contributed by atoms with Gasteiger partial charge in [0.2, 0.25) is 0 Å². The van der Waals surface area contributed by atoms with E-state index in [1.54, 1.807) is 0 Å². The second-order valence-electron chi connectivity index (χ2n) is 0.0833. The minimum atomic E-state index is -1.42. The number of hydrogen-bond donors (Lipinski definition) is 0. The molecule has 0 saturated heterocycles. The summed E-state index contributed by atoms with van der Waals surface area (Å²) >= 11 is -0.0918. The summed E-state index contributed by atoms with van der Waals surface area (Å²) in [7, 11) is -1.42. The molecule has 0 atom stereocenters. The standard InChI is InChI=1S/Al.O2Si.O.Th.3H/c;1-3-2;;;;;. The maximum atomic E-state index is 8.42. The molecule has 0 heterocycles. The second-order valence-corrected chi connectivity index (χ2v) is 0.250. The van der Waals surface area contributed by atoms with E-state index < -0.39 is 9.29 Å². The number of hydrogen-bond acceptors (Lipinski definition) is 3. The zero-order chi connectivity index (χ0) is 4.71. The van der Waals surface area contributed by atoms with E-state index in [-0.39, 0.29) is 55.4 Å². The van der Waals surface area contributed by atoms with Crippen LogP contribution in [0.2, 0.25) is 0 Å². The number of rotatable bonds is 0. The predicted octanol–water partition coefficient (Wildman–Crippen LogP) is -1.92. The molecule has 0 saturated carbocycles. The van der Waals surface area contributed by atoms with Crippen molar-refractivity contribution in [2.45, 2.75) is 0 Å². The van der Waals surface area contributed by atoms with Crippen molar-refractivity contribution < 1.29 is 48.1 Å². The fourth-order valence-corrected chi connectivity index (χ4v) is 0. The van der Waals surface area contributed by atoms with E-state index in [4.69, 9.17) is 10.1 Å². The third-order valence-electron chi connectivity index (χ3n) is 0. The SMILES string of the molecule is O=[Si]=O.[AlH3].[O]=[Th]. The molecular weight excluding hydrogens is 335 g/mol. The van der Waals surface area contributed by atoms with Crippen LogP contribution in [0, 0.1) is 38.0 Å². The summed E-state index contributed by atoms with van der Waals surface area (Å²) in [5.41, 5.74) is 0. The first-order valence-electron chi connectivity index (χ1n) is 0.612. The molecule has 3 nitrogen and oxygen atoms in total. The normalized spacial score (nSPS) is 2.33. The maximum absolute atomic E-state index is 8.42. The van der Waals surface area contributed by atoms with Crippen molar-refractivity contribution in [3.05, 3.63) is 0 Å². The third kappa shape index (κ3) is 50.4. The van der Waals surface area contributed by atoms with Gasteiger partial charge in [-0.1, -0.05) is 0 Å². The molecule has 0 aromatic carbocycles. The molecule has 0 bridgehead atoms. The molecule has 0 spiro atoms. The fraction of sp³-hybridized carbons (Fsp3) is 0. The fourth-order valence-electron chi connectivity index (χ4n) is 0. The average molecular weight is 338 g/mol. The molecule has 32 valence electrons. The predicted molar refractivity (Wildman–Crippen MR) is 17.8 cm³/mol. The van der Waals surface area contributed by atoms with Gasteiger partial charge in [0, 0.05) is 0 Å². The van der Waals surface area contributed by atoms with Gasteiger partial charge < -0.3 is 0 Å². The molecule has 0 aromatic heterocycles. The third-order valence-corrected chi connectivity index (χ3v) is 0. The van der Waals surface area contributed by atoms with Crippen LogP contribution in [-0.4, -0.2) is 26.7 Å². The van der Waals surface area contributed by atoms with Crippen molar-refractivity contribution >= 4 is 26.7 Å². The quantitative estimate of drug-likeness (QED) is 0.484. The van der Waals surface area contributed by atoms with E-state index in [0.29, 0.717) is 0 Å². The first kappa shape index (κ1) is 15.6. The molecule has 0 rings (SSSR count). The van der Waals surface area contributed by atoms with Crippen LogP contribution in [-0.2, 0) is 10.1 Å². The summed E-state index contributed by atoms with van der Waals surface area (Å²) in [6.45, 7) is 0. The van der Waals surface area contributed by atoms with Gasteiger partial charge in [0.1, 0.15) is 0 Å². The summed E-state index contributed by atoms with van der Waals surface area (Å²) in [6.07, 6.45) is 0. The zero-order valence-corrected chi connectivity index (χ0v) is 7.33. The van der Waals surface area contributed by atoms with E-state index >= 15 is 0 Å². The van der Waals surface area contributed by atoms with Gasteiger partial charge >= 0.3 is 48.5 Å². The molecule has 0 aliphatic carbocycles. The topological polar surface area (TPSA) is 51.2 Å². The van der Waals surface area contributed by atoms with Gasteiger partial charge in [-0.25, -0.2) is 0 Å². The Morgan fingerprint density at radius 1 is 1.17 bits per heavy atom. The molecule has 0 amide bonds. The molecule has 0 fully saturated rings. The van der Waals surface area contributed by atoms with Crippen molar-refractivity contribution in [3.63, 3.8) is 0 Å². The molecule has 6 heteroatoms. The van der Waals surface area contributed by atoms with Crippen molar-refractivity contribution in [1.82, 2.24) is 0 Å². The van der Waals surface area contributed by atoms with Gasteiger partial charge in [0.15, 0.2) is 17.4 Å².